The SMILES string of the molecule is [B][C@H]1CN([P@@]2O[C@H]3C[C@H](C(=C)C)CC[C@]3(C)S2)C[C@@H](CC)O1. The van der Waals surface area contributed by atoms with Gasteiger partial charge in [-0.25, -0.2) is 4.67 Å². The van der Waals surface area contributed by atoms with E-state index in [2.05, 4.69) is 43.4 Å². The maximum atomic E-state index is 6.53. The van der Waals surface area contributed by atoms with Gasteiger partial charge in [-0.05, 0) is 45.4 Å². The van der Waals surface area contributed by atoms with Crippen molar-refractivity contribution in [2.75, 3.05) is 13.1 Å². The zero-order valence-electron chi connectivity index (χ0n) is 14.0. The van der Waals surface area contributed by atoms with Crippen LogP contribution in [0.4, 0.5) is 0 Å². The lowest BCUT2D eigenvalue weighted by atomic mass is 9.77. The minimum absolute atomic E-state index is 0.177. The van der Waals surface area contributed by atoms with Gasteiger partial charge in [-0.15, -0.1) is 0 Å². The van der Waals surface area contributed by atoms with E-state index in [4.69, 9.17) is 17.1 Å². The second-order valence-corrected chi connectivity index (χ2v) is 11.0. The second kappa shape index (κ2) is 6.76. The highest BCUT2D eigenvalue weighted by atomic mass is 32.7. The molecule has 0 aromatic carbocycles. The third-order valence-corrected chi connectivity index (χ3v) is 10.2. The van der Waals surface area contributed by atoms with Crippen molar-refractivity contribution in [2.24, 2.45) is 5.92 Å². The zero-order valence-corrected chi connectivity index (χ0v) is 15.7. The van der Waals surface area contributed by atoms with Gasteiger partial charge in [0.2, 0.25) is 0 Å². The molecule has 2 aliphatic heterocycles. The number of fused-ring (bicyclic) bond motifs is 1. The van der Waals surface area contributed by atoms with E-state index >= 15 is 0 Å². The second-order valence-electron chi connectivity index (χ2n) is 7.13. The van der Waals surface area contributed by atoms with Crippen molar-refractivity contribution in [3.8, 4) is 0 Å². The van der Waals surface area contributed by atoms with Gasteiger partial charge in [-0.2, -0.15) is 0 Å². The molecule has 3 nitrogen and oxygen atoms in total. The molecule has 3 fully saturated rings. The van der Waals surface area contributed by atoms with E-state index in [1.165, 1.54) is 18.4 Å². The number of nitrogens with zero attached hydrogens (tertiary/aromatic N) is 1. The molecule has 1 saturated carbocycles. The summed E-state index contributed by atoms with van der Waals surface area (Å²) in [5.74, 6) is 0.629. The molecule has 1 aliphatic carbocycles. The topological polar surface area (TPSA) is 21.7 Å². The Morgan fingerprint density at radius 2 is 2.27 bits per heavy atom. The predicted octanol–water partition coefficient (Wildman–Crippen LogP) is 4.09. The van der Waals surface area contributed by atoms with E-state index < -0.39 is 7.50 Å². The lowest BCUT2D eigenvalue weighted by Gasteiger charge is -2.38. The fourth-order valence-corrected chi connectivity index (χ4v) is 8.82. The van der Waals surface area contributed by atoms with Gasteiger partial charge in [0.05, 0.1) is 12.2 Å². The fourth-order valence-electron chi connectivity index (χ4n) is 3.60. The molecular weight excluding hydrogens is 312 g/mol. The van der Waals surface area contributed by atoms with Gasteiger partial charge in [0.1, 0.15) is 7.85 Å². The Bertz CT molecular complexity index is 440. The Balaban J connectivity index is 1.67. The number of rotatable bonds is 3. The zero-order chi connectivity index (χ0) is 15.9. The van der Waals surface area contributed by atoms with Gasteiger partial charge in [-0.1, -0.05) is 30.5 Å². The van der Waals surface area contributed by atoms with Crippen LogP contribution in [0.1, 0.15) is 46.5 Å². The summed E-state index contributed by atoms with van der Waals surface area (Å²) in [5, 5.41) is 0. The highest BCUT2D eigenvalue weighted by Gasteiger charge is 2.52. The van der Waals surface area contributed by atoms with Crippen LogP contribution >= 0.6 is 18.9 Å². The van der Waals surface area contributed by atoms with Gasteiger partial charge >= 0.3 is 0 Å². The van der Waals surface area contributed by atoms with E-state index in [0.717, 1.165) is 25.9 Å². The van der Waals surface area contributed by atoms with Gasteiger partial charge in [-0.3, -0.25) is 0 Å². The molecule has 3 rings (SSSR count). The maximum absolute atomic E-state index is 6.53. The van der Waals surface area contributed by atoms with Gasteiger partial charge < -0.3 is 9.26 Å². The van der Waals surface area contributed by atoms with Gasteiger partial charge in [0.15, 0.2) is 7.50 Å². The van der Waals surface area contributed by atoms with E-state index in [0.29, 0.717) is 12.0 Å². The van der Waals surface area contributed by atoms with Crippen LogP contribution in [0.5, 0.6) is 0 Å². The highest BCUT2D eigenvalue weighted by Crippen LogP contribution is 2.71. The number of hydrogen-bond acceptors (Lipinski definition) is 4. The van der Waals surface area contributed by atoms with Crippen molar-refractivity contribution in [2.45, 2.75) is 69.4 Å². The van der Waals surface area contributed by atoms with Crippen LogP contribution in [0.25, 0.3) is 0 Å². The van der Waals surface area contributed by atoms with E-state index in [1.807, 2.05) is 0 Å². The molecule has 0 aromatic heterocycles. The molecule has 122 valence electrons. The summed E-state index contributed by atoms with van der Waals surface area (Å²) in [5.41, 5.74) is 1.31. The largest absolute Gasteiger partial charge is 0.382 e. The minimum atomic E-state index is -0.599. The standard InChI is InChI=1S/C16H27BNO2PS/c1-5-13-9-18(10-15(17)19-13)21-20-14-8-12(11(2)3)6-7-16(14,4)22-21/h12-15H,2,5-10H2,1,3-4H3/t12-,13-,14+,15-,16+,21+/m1/s1. The summed E-state index contributed by atoms with van der Waals surface area (Å²) in [7, 11) is 5.47. The molecule has 3 aliphatic rings. The molecule has 0 unspecified atom stereocenters. The lowest BCUT2D eigenvalue weighted by Crippen LogP contribution is -2.44. The first kappa shape index (κ1) is 17.3. The monoisotopic (exact) mass is 339 g/mol. The van der Waals surface area contributed by atoms with E-state index in [1.54, 1.807) is 0 Å². The number of ether oxygens (including phenoxy) is 1. The van der Waals surface area contributed by atoms with Crippen molar-refractivity contribution in [1.82, 2.24) is 4.67 Å². The Kier molecular flexibility index (Phi) is 5.31. The van der Waals surface area contributed by atoms with Crippen LogP contribution in [0.15, 0.2) is 12.2 Å². The van der Waals surface area contributed by atoms with Gasteiger partial charge in [0.25, 0.3) is 0 Å². The quantitative estimate of drug-likeness (QED) is 0.439. The molecule has 2 saturated heterocycles. The average Bonchev–Trinajstić information content (AvgIpc) is 2.82. The van der Waals surface area contributed by atoms with E-state index in [9.17, 15) is 0 Å². The van der Waals surface area contributed by atoms with Crippen molar-refractivity contribution >= 4 is 26.7 Å². The normalized spacial score (nSPS) is 46.4. The van der Waals surface area contributed by atoms with Crippen molar-refractivity contribution in [3.05, 3.63) is 12.2 Å². The van der Waals surface area contributed by atoms with Gasteiger partial charge in [0, 0.05) is 23.8 Å². The predicted molar refractivity (Wildman–Crippen MR) is 96.2 cm³/mol. The van der Waals surface area contributed by atoms with Crippen LogP contribution in [0.3, 0.4) is 0 Å². The maximum Gasteiger partial charge on any atom is 0.170 e. The first-order valence-electron chi connectivity index (χ1n) is 8.38. The molecule has 6 heteroatoms. The molecular formula is C16H27BNO2PS. The van der Waals surface area contributed by atoms with E-state index in [-0.39, 0.29) is 16.9 Å². The first-order valence-corrected chi connectivity index (χ1v) is 11.0. The summed E-state index contributed by atoms with van der Waals surface area (Å²) in [6.45, 7) is 12.6. The number of allylic oxidation sites excluding steroid dienone is 1. The summed E-state index contributed by atoms with van der Waals surface area (Å²) < 4.78 is 15.0. The number of morpholine rings is 1. The summed E-state index contributed by atoms with van der Waals surface area (Å²) in [6, 6.07) is -0.177. The molecule has 2 heterocycles. The molecule has 0 spiro atoms. The lowest BCUT2D eigenvalue weighted by molar-refractivity contribution is -0.0276. The Morgan fingerprint density at radius 3 is 2.95 bits per heavy atom. The third kappa shape index (κ3) is 3.44. The highest BCUT2D eigenvalue weighted by molar-refractivity contribution is 8.54. The summed E-state index contributed by atoms with van der Waals surface area (Å²) in [4.78, 5) is 0. The Morgan fingerprint density at radius 1 is 1.50 bits per heavy atom. The van der Waals surface area contributed by atoms with Crippen LogP contribution in [-0.2, 0) is 9.26 Å². The van der Waals surface area contributed by atoms with Crippen LogP contribution in [-0.4, -0.2) is 48.6 Å². The molecule has 0 N–H and O–H groups in total. The average molecular weight is 339 g/mol. The van der Waals surface area contributed by atoms with Crippen LogP contribution < -0.4 is 0 Å². The van der Waals surface area contributed by atoms with Crippen molar-refractivity contribution in [3.63, 3.8) is 0 Å². The summed E-state index contributed by atoms with van der Waals surface area (Å²) >= 11 is 2.06. The van der Waals surface area contributed by atoms with Crippen molar-refractivity contribution < 1.29 is 9.26 Å². The smallest absolute Gasteiger partial charge is 0.170 e. The van der Waals surface area contributed by atoms with Crippen LogP contribution in [0, 0.1) is 5.92 Å². The molecule has 6 atom stereocenters. The number of hydrogen-bond donors (Lipinski definition) is 0. The first-order chi connectivity index (χ1) is 10.4. The Hall–Kier alpha value is 0.465. The molecule has 0 amide bonds. The summed E-state index contributed by atoms with van der Waals surface area (Å²) in [6.07, 6.45) is 5.23. The molecule has 0 aromatic rings. The molecule has 2 radical (unpaired) electrons. The Labute approximate surface area is 141 Å². The fraction of sp³-hybridized carbons (Fsp3) is 0.875. The van der Waals surface area contributed by atoms with Crippen LogP contribution in [0.2, 0.25) is 0 Å². The third-order valence-electron chi connectivity index (χ3n) is 5.23. The minimum Gasteiger partial charge on any atom is -0.382 e. The van der Waals surface area contributed by atoms with Crippen molar-refractivity contribution in [1.29, 1.82) is 0 Å². The molecule has 22 heavy (non-hydrogen) atoms. The molecule has 0 bridgehead atoms.